The molecule has 0 spiro atoms. The molecule has 2 heteroatoms. The normalized spacial score (nSPS) is 33.3. The van der Waals surface area contributed by atoms with Crippen LogP contribution >= 0.6 is 12.6 Å². The van der Waals surface area contributed by atoms with Crippen LogP contribution < -0.4 is 5.32 Å². The highest BCUT2D eigenvalue weighted by Crippen LogP contribution is 2.21. The standard InChI is InChI=1S/C8H17NS/c1-8(2)6-4-3-5-7(10)9-8/h7,9-10H,3-6H2,1-2H3. The van der Waals surface area contributed by atoms with E-state index in [4.69, 9.17) is 0 Å². The Morgan fingerprint density at radius 3 is 2.80 bits per heavy atom. The van der Waals surface area contributed by atoms with Crippen molar-refractivity contribution in [2.45, 2.75) is 50.4 Å². The second kappa shape index (κ2) is 3.14. The molecule has 1 fully saturated rings. The fourth-order valence-corrected chi connectivity index (χ4v) is 2.03. The van der Waals surface area contributed by atoms with E-state index >= 15 is 0 Å². The van der Waals surface area contributed by atoms with Crippen LogP contribution in [0.2, 0.25) is 0 Å². The largest absolute Gasteiger partial charge is 0.301 e. The van der Waals surface area contributed by atoms with Crippen LogP contribution in [0.3, 0.4) is 0 Å². The summed E-state index contributed by atoms with van der Waals surface area (Å²) < 4.78 is 0. The van der Waals surface area contributed by atoms with Gasteiger partial charge >= 0.3 is 0 Å². The summed E-state index contributed by atoms with van der Waals surface area (Å²) in [5.41, 5.74) is 0.308. The maximum absolute atomic E-state index is 4.43. The predicted molar refractivity (Wildman–Crippen MR) is 48.5 cm³/mol. The predicted octanol–water partition coefficient (Wildman–Crippen LogP) is 2.18. The summed E-state index contributed by atoms with van der Waals surface area (Å²) in [5, 5.41) is 3.90. The second-order valence-corrected chi connectivity index (χ2v) is 4.41. The van der Waals surface area contributed by atoms with Crippen LogP contribution in [0.15, 0.2) is 0 Å². The van der Waals surface area contributed by atoms with E-state index in [1.807, 2.05) is 0 Å². The van der Waals surface area contributed by atoms with Crippen molar-refractivity contribution in [3.05, 3.63) is 0 Å². The van der Waals surface area contributed by atoms with Crippen molar-refractivity contribution in [2.24, 2.45) is 0 Å². The Morgan fingerprint density at radius 2 is 2.10 bits per heavy atom. The lowest BCUT2D eigenvalue weighted by molar-refractivity contribution is 0.374. The number of rotatable bonds is 0. The molecular formula is C8H17NS. The molecule has 0 aromatic heterocycles. The van der Waals surface area contributed by atoms with E-state index in [9.17, 15) is 0 Å². The van der Waals surface area contributed by atoms with Crippen LogP contribution in [0, 0.1) is 0 Å². The third kappa shape index (κ3) is 2.51. The molecule has 0 radical (unpaired) electrons. The van der Waals surface area contributed by atoms with Gasteiger partial charge in [0.05, 0.1) is 5.37 Å². The van der Waals surface area contributed by atoms with Gasteiger partial charge in [0.2, 0.25) is 0 Å². The Hall–Kier alpha value is 0.310. The van der Waals surface area contributed by atoms with Crippen molar-refractivity contribution in [2.75, 3.05) is 0 Å². The van der Waals surface area contributed by atoms with Gasteiger partial charge in [-0.2, -0.15) is 12.6 Å². The summed E-state index contributed by atoms with van der Waals surface area (Å²) in [7, 11) is 0. The second-order valence-electron chi connectivity index (χ2n) is 3.79. The minimum absolute atomic E-state index is 0.308. The van der Waals surface area contributed by atoms with Gasteiger partial charge in [-0.15, -0.1) is 0 Å². The quantitative estimate of drug-likeness (QED) is 0.516. The van der Waals surface area contributed by atoms with E-state index in [0.717, 1.165) is 0 Å². The SMILES string of the molecule is CC1(C)CCCCC(S)N1. The molecule has 1 saturated heterocycles. The minimum atomic E-state index is 0.308. The third-order valence-electron chi connectivity index (χ3n) is 2.09. The van der Waals surface area contributed by atoms with E-state index in [2.05, 4.69) is 31.8 Å². The van der Waals surface area contributed by atoms with Crippen molar-refractivity contribution in [1.82, 2.24) is 5.32 Å². The summed E-state index contributed by atoms with van der Waals surface area (Å²) in [6.45, 7) is 4.50. The molecule has 1 unspecified atom stereocenters. The van der Waals surface area contributed by atoms with Gasteiger partial charge in [0.1, 0.15) is 0 Å². The zero-order valence-corrected chi connectivity index (χ0v) is 7.75. The van der Waals surface area contributed by atoms with E-state index in [1.165, 1.54) is 25.7 Å². The molecule has 10 heavy (non-hydrogen) atoms. The van der Waals surface area contributed by atoms with Crippen LogP contribution in [-0.2, 0) is 0 Å². The van der Waals surface area contributed by atoms with Crippen molar-refractivity contribution in [1.29, 1.82) is 0 Å². The first-order valence-electron chi connectivity index (χ1n) is 4.06. The lowest BCUT2D eigenvalue weighted by Crippen LogP contribution is -2.41. The van der Waals surface area contributed by atoms with Crippen molar-refractivity contribution >= 4 is 12.6 Å². The number of hydrogen-bond acceptors (Lipinski definition) is 2. The molecule has 1 atom stereocenters. The van der Waals surface area contributed by atoms with Crippen LogP contribution in [0.25, 0.3) is 0 Å². The molecule has 0 amide bonds. The van der Waals surface area contributed by atoms with Gasteiger partial charge < -0.3 is 5.32 Å². The van der Waals surface area contributed by atoms with E-state index in [1.54, 1.807) is 0 Å². The monoisotopic (exact) mass is 159 g/mol. The molecule has 1 N–H and O–H groups in total. The zero-order chi connectivity index (χ0) is 7.61. The third-order valence-corrected chi connectivity index (χ3v) is 2.47. The number of nitrogens with one attached hydrogen (secondary N) is 1. The maximum Gasteiger partial charge on any atom is 0.0506 e. The molecule has 0 saturated carbocycles. The molecule has 1 nitrogen and oxygen atoms in total. The Morgan fingerprint density at radius 1 is 1.40 bits per heavy atom. The van der Waals surface area contributed by atoms with Crippen LogP contribution in [0.4, 0.5) is 0 Å². The Balaban J connectivity index is 2.46. The van der Waals surface area contributed by atoms with Gasteiger partial charge in [-0.25, -0.2) is 0 Å². The van der Waals surface area contributed by atoms with Crippen LogP contribution in [0.1, 0.15) is 39.5 Å². The minimum Gasteiger partial charge on any atom is -0.301 e. The number of hydrogen-bond donors (Lipinski definition) is 2. The average Bonchev–Trinajstić information content (AvgIpc) is 1.90. The van der Waals surface area contributed by atoms with E-state index in [-0.39, 0.29) is 0 Å². The molecule has 0 aliphatic carbocycles. The van der Waals surface area contributed by atoms with Gasteiger partial charge in [0.25, 0.3) is 0 Å². The van der Waals surface area contributed by atoms with Gasteiger partial charge in [-0.05, 0) is 26.7 Å². The summed E-state index contributed by atoms with van der Waals surface area (Å²) in [6.07, 6.45) is 5.16. The summed E-state index contributed by atoms with van der Waals surface area (Å²) in [4.78, 5) is 0. The average molecular weight is 159 g/mol. The first-order chi connectivity index (χ1) is 4.60. The van der Waals surface area contributed by atoms with Crippen molar-refractivity contribution < 1.29 is 0 Å². The molecule has 60 valence electrons. The van der Waals surface area contributed by atoms with E-state index in [0.29, 0.717) is 10.9 Å². The van der Waals surface area contributed by atoms with E-state index < -0.39 is 0 Å². The van der Waals surface area contributed by atoms with Gasteiger partial charge in [-0.1, -0.05) is 12.8 Å². The zero-order valence-electron chi connectivity index (χ0n) is 6.85. The lowest BCUT2D eigenvalue weighted by atomic mass is 9.99. The Labute approximate surface area is 69.0 Å². The smallest absolute Gasteiger partial charge is 0.0506 e. The molecule has 0 aromatic carbocycles. The molecule has 0 aromatic rings. The van der Waals surface area contributed by atoms with Crippen molar-refractivity contribution in [3.63, 3.8) is 0 Å². The van der Waals surface area contributed by atoms with Crippen LogP contribution in [0.5, 0.6) is 0 Å². The summed E-state index contributed by atoms with van der Waals surface area (Å²) in [6, 6.07) is 0. The van der Waals surface area contributed by atoms with Gasteiger partial charge in [-0.3, -0.25) is 0 Å². The fraction of sp³-hybridized carbons (Fsp3) is 1.00. The highest BCUT2D eigenvalue weighted by Gasteiger charge is 2.22. The molecule has 1 aliphatic rings. The summed E-state index contributed by atoms with van der Waals surface area (Å²) >= 11 is 4.43. The Kier molecular flexibility index (Phi) is 2.64. The Bertz CT molecular complexity index is 112. The first-order valence-corrected chi connectivity index (χ1v) is 4.58. The molecule has 1 aliphatic heterocycles. The highest BCUT2D eigenvalue weighted by atomic mass is 32.1. The fourth-order valence-electron chi connectivity index (χ4n) is 1.50. The van der Waals surface area contributed by atoms with Gasteiger partial charge in [0, 0.05) is 5.54 Å². The lowest BCUT2D eigenvalue weighted by Gasteiger charge is -2.26. The van der Waals surface area contributed by atoms with Gasteiger partial charge in [0.15, 0.2) is 0 Å². The van der Waals surface area contributed by atoms with Crippen molar-refractivity contribution in [3.8, 4) is 0 Å². The highest BCUT2D eigenvalue weighted by molar-refractivity contribution is 7.80. The topological polar surface area (TPSA) is 12.0 Å². The molecule has 1 rings (SSSR count). The number of thiol groups is 1. The maximum atomic E-state index is 4.43. The molecular weight excluding hydrogens is 142 g/mol. The first kappa shape index (κ1) is 8.41. The van der Waals surface area contributed by atoms with Crippen LogP contribution in [-0.4, -0.2) is 10.9 Å². The molecule has 0 bridgehead atoms. The summed E-state index contributed by atoms with van der Waals surface area (Å²) in [5.74, 6) is 0. The molecule has 1 heterocycles.